The van der Waals surface area contributed by atoms with Crippen LogP contribution in [-0.2, 0) is 23.7 Å². The predicted octanol–water partition coefficient (Wildman–Crippen LogP) is 10.8. The third-order valence-electron chi connectivity index (χ3n) is 13.8. The maximum absolute atomic E-state index is 13.1. The summed E-state index contributed by atoms with van der Waals surface area (Å²) in [5, 5.41) is 86.4. The Hall–Kier alpha value is -3.87. The van der Waals surface area contributed by atoms with Gasteiger partial charge in [-0.05, 0) is 96.3 Å². The van der Waals surface area contributed by atoms with Crippen LogP contribution in [0.25, 0.3) is 0 Å². The van der Waals surface area contributed by atoms with Crippen molar-refractivity contribution in [3.05, 3.63) is 134 Å². The lowest BCUT2D eigenvalue weighted by Gasteiger charge is -2.46. The number of aliphatic hydroxyl groups excluding tert-OH is 8. The molecule has 9 N–H and O–H groups in total. The Kier molecular flexibility index (Phi) is 44.9. The minimum absolute atomic E-state index is 0.258. The van der Waals surface area contributed by atoms with Gasteiger partial charge in [0, 0.05) is 6.42 Å². The summed E-state index contributed by atoms with van der Waals surface area (Å²) in [4.78, 5) is 13.1. The van der Waals surface area contributed by atoms with Crippen molar-refractivity contribution in [2.24, 2.45) is 0 Å². The van der Waals surface area contributed by atoms with Crippen molar-refractivity contribution < 1.29 is 64.6 Å². The fourth-order valence-electron chi connectivity index (χ4n) is 8.96. The van der Waals surface area contributed by atoms with Crippen molar-refractivity contribution in [2.45, 2.75) is 254 Å². The maximum Gasteiger partial charge on any atom is 0.220 e. The van der Waals surface area contributed by atoms with E-state index in [1.54, 1.807) is 6.08 Å². The Morgan fingerprint density at radius 3 is 1.32 bits per heavy atom. The van der Waals surface area contributed by atoms with Gasteiger partial charge in [0.05, 0.1) is 32.0 Å². The highest BCUT2D eigenvalue weighted by atomic mass is 16.7. The molecule has 12 unspecified atom stereocenters. The molecule has 0 saturated carbocycles. The highest BCUT2D eigenvalue weighted by Gasteiger charge is 2.51. The molecule has 2 rings (SSSR count). The van der Waals surface area contributed by atoms with E-state index in [2.05, 4.69) is 141 Å². The number of aliphatic hydroxyl groups is 8. The molecular weight excluding hydrogens is 1010 g/mol. The van der Waals surface area contributed by atoms with Crippen molar-refractivity contribution in [3.63, 3.8) is 0 Å². The molecule has 0 aromatic rings. The van der Waals surface area contributed by atoms with Gasteiger partial charge in [-0.25, -0.2) is 0 Å². The average Bonchev–Trinajstić information content (AvgIpc) is 3.49. The summed E-state index contributed by atoms with van der Waals surface area (Å²) in [7, 11) is 0. The molecule has 12 atom stereocenters. The first-order valence-corrected chi connectivity index (χ1v) is 30.4. The van der Waals surface area contributed by atoms with Gasteiger partial charge in [-0.2, -0.15) is 0 Å². The molecule has 1 amide bonds. The topological polar surface area (TPSA) is 228 Å². The first kappa shape index (κ1) is 72.2. The first-order valence-electron chi connectivity index (χ1n) is 30.4. The second-order valence-electron chi connectivity index (χ2n) is 20.7. The molecule has 2 aliphatic rings. The lowest BCUT2D eigenvalue weighted by Crippen LogP contribution is -2.65. The van der Waals surface area contributed by atoms with Crippen molar-refractivity contribution in [1.82, 2.24) is 5.32 Å². The van der Waals surface area contributed by atoms with Crippen LogP contribution in [0.4, 0.5) is 0 Å². The molecule has 0 bridgehead atoms. The van der Waals surface area contributed by atoms with E-state index in [9.17, 15) is 45.6 Å². The smallest absolute Gasteiger partial charge is 0.220 e. The molecule has 2 aliphatic heterocycles. The molecule has 2 saturated heterocycles. The standard InChI is InChI=1S/C66H107NO13/c1-3-5-7-9-10-11-12-13-14-15-16-17-18-19-20-21-22-23-24-25-26-27-28-29-30-31-32-33-34-35-36-37-38-39-40-41-42-43-44-46-48-50-58(71)67-54(55(70)49-47-45-8-6-4-2)53-77-65-63(76)61(74)64(57(52-69)79-65)80-66-62(75)60(73)59(72)56(51-68)78-66/h5,7,10-11,13-14,16-17,19-20,22-23,25-26,28-29,31-32,34-35,47,49,54-57,59-66,68-70,72-76H,3-4,6,8-9,12,15,18,21,24,27,30,33,36-46,48,50-53H2,1-2H3,(H,67,71)/b7-5-,11-10-,14-13-,17-16-,20-19-,23-22-,26-25-,29-28-,32-31-,35-34-,49-47+. The number of carbonyl (C=O) groups excluding carboxylic acids is 1. The minimum Gasteiger partial charge on any atom is -0.394 e. The number of unbranched alkanes of at least 4 members (excludes halogenated alkanes) is 13. The Balaban J connectivity index is 1.53. The van der Waals surface area contributed by atoms with E-state index in [1.165, 1.54) is 38.5 Å². The number of hydrogen-bond acceptors (Lipinski definition) is 13. The lowest BCUT2D eigenvalue weighted by molar-refractivity contribution is -0.359. The van der Waals surface area contributed by atoms with E-state index in [1.807, 2.05) is 6.08 Å². The number of rotatable bonds is 46. The highest BCUT2D eigenvalue weighted by molar-refractivity contribution is 5.76. The number of nitrogens with one attached hydrogen (secondary N) is 1. The number of allylic oxidation sites excluding steroid dienone is 21. The number of amides is 1. The van der Waals surface area contributed by atoms with Crippen LogP contribution >= 0.6 is 0 Å². The van der Waals surface area contributed by atoms with Gasteiger partial charge in [0.2, 0.25) is 5.91 Å². The summed E-state index contributed by atoms with van der Waals surface area (Å²) in [6.07, 6.45) is 57.3. The highest BCUT2D eigenvalue weighted by Crippen LogP contribution is 2.30. The molecule has 80 heavy (non-hydrogen) atoms. The molecule has 0 aromatic carbocycles. The van der Waals surface area contributed by atoms with Crippen molar-refractivity contribution >= 4 is 5.91 Å². The summed E-state index contributed by atoms with van der Waals surface area (Å²) in [6.45, 7) is 2.52. The van der Waals surface area contributed by atoms with Crippen molar-refractivity contribution in [3.8, 4) is 0 Å². The molecule has 0 radical (unpaired) electrons. The van der Waals surface area contributed by atoms with Gasteiger partial charge >= 0.3 is 0 Å². The Bertz CT molecular complexity index is 1850. The van der Waals surface area contributed by atoms with E-state index in [-0.39, 0.29) is 18.9 Å². The van der Waals surface area contributed by atoms with E-state index < -0.39 is 86.8 Å². The molecular formula is C66H107NO13. The Morgan fingerprint density at radius 2 is 0.863 bits per heavy atom. The second kappa shape index (κ2) is 49.7. The zero-order valence-corrected chi connectivity index (χ0v) is 48.8. The molecule has 0 aliphatic carbocycles. The maximum atomic E-state index is 13.1. The van der Waals surface area contributed by atoms with Gasteiger partial charge in [0.15, 0.2) is 12.6 Å². The molecule has 2 heterocycles. The van der Waals surface area contributed by atoms with Crippen molar-refractivity contribution in [1.29, 1.82) is 0 Å². The van der Waals surface area contributed by atoms with Crippen LogP contribution in [0.3, 0.4) is 0 Å². The molecule has 0 spiro atoms. The quantitative estimate of drug-likeness (QED) is 0.0204. The summed E-state index contributed by atoms with van der Waals surface area (Å²) in [5.41, 5.74) is 0. The minimum atomic E-state index is -1.79. The van der Waals surface area contributed by atoms with Gasteiger partial charge in [-0.3, -0.25) is 4.79 Å². The Labute approximate surface area is 481 Å². The SMILES string of the molecule is CC/C=C\C/C=C\C/C=C\C/C=C\C/C=C\C/C=C\C/C=C\C/C=C\C/C=C\C/C=C\CCCCCCCCCCCCC(=O)NC(COC1OC(CO)C(OC2OC(CO)C(O)C(O)C2O)C(O)C1O)C(O)/C=C/CCCCC. The Morgan fingerprint density at radius 1 is 0.463 bits per heavy atom. The molecule has 0 aromatic heterocycles. The number of ether oxygens (including phenoxy) is 4. The van der Waals surface area contributed by atoms with Crippen LogP contribution in [0.15, 0.2) is 134 Å². The third kappa shape index (κ3) is 34.5. The van der Waals surface area contributed by atoms with E-state index in [0.717, 1.165) is 116 Å². The molecule has 454 valence electrons. The zero-order chi connectivity index (χ0) is 58.1. The molecule has 14 heteroatoms. The molecule has 2 fully saturated rings. The lowest BCUT2D eigenvalue weighted by atomic mass is 9.97. The van der Waals surface area contributed by atoms with E-state index >= 15 is 0 Å². The van der Waals surface area contributed by atoms with Gasteiger partial charge in [-0.15, -0.1) is 0 Å². The fourth-order valence-corrected chi connectivity index (χ4v) is 8.96. The van der Waals surface area contributed by atoms with Crippen molar-refractivity contribution in [2.75, 3.05) is 19.8 Å². The van der Waals surface area contributed by atoms with E-state index in [4.69, 9.17) is 18.9 Å². The largest absolute Gasteiger partial charge is 0.394 e. The summed E-state index contributed by atoms with van der Waals surface area (Å²) in [5.74, 6) is -0.258. The van der Waals surface area contributed by atoms with Gasteiger partial charge in [-0.1, -0.05) is 212 Å². The second-order valence-corrected chi connectivity index (χ2v) is 20.7. The van der Waals surface area contributed by atoms with Crippen LogP contribution < -0.4 is 5.32 Å². The van der Waals surface area contributed by atoms with E-state index in [0.29, 0.717) is 6.42 Å². The van der Waals surface area contributed by atoms with Crippen LogP contribution in [0, 0.1) is 0 Å². The summed E-state index contributed by atoms with van der Waals surface area (Å²) >= 11 is 0. The van der Waals surface area contributed by atoms with Crippen LogP contribution in [0.1, 0.15) is 181 Å². The summed E-state index contributed by atoms with van der Waals surface area (Å²) < 4.78 is 22.6. The van der Waals surface area contributed by atoms with Crippen LogP contribution in [-0.4, -0.2) is 140 Å². The third-order valence-corrected chi connectivity index (χ3v) is 13.8. The first-order chi connectivity index (χ1) is 39.1. The van der Waals surface area contributed by atoms with Crippen LogP contribution in [0.5, 0.6) is 0 Å². The molecule has 14 nitrogen and oxygen atoms in total. The predicted molar refractivity (Wildman–Crippen MR) is 322 cm³/mol. The normalized spacial score (nSPS) is 25.2. The van der Waals surface area contributed by atoms with Gasteiger partial charge in [0.25, 0.3) is 0 Å². The zero-order valence-electron chi connectivity index (χ0n) is 48.8. The van der Waals surface area contributed by atoms with Crippen LogP contribution in [0.2, 0.25) is 0 Å². The average molecular weight is 1120 g/mol. The van der Waals surface area contributed by atoms with Gasteiger partial charge in [0.1, 0.15) is 48.8 Å². The number of hydrogen-bond donors (Lipinski definition) is 9. The fraction of sp³-hybridized carbons (Fsp3) is 0.652. The van der Waals surface area contributed by atoms with Gasteiger partial charge < -0.3 is 65.1 Å². The monoisotopic (exact) mass is 1120 g/mol. The number of carbonyl (C=O) groups is 1. The summed E-state index contributed by atoms with van der Waals surface area (Å²) in [6, 6.07) is -0.921.